The molecule has 5 aromatic rings. The largest absolute Gasteiger partial charge is 0.392 e. The second-order valence-electron chi connectivity index (χ2n) is 20.4. The first-order chi connectivity index (χ1) is 33.8. The summed E-state index contributed by atoms with van der Waals surface area (Å²) in [7, 11) is 0. The molecule has 16 nitrogen and oxygen atoms in total. The van der Waals surface area contributed by atoms with E-state index in [1.807, 2.05) is 30.5 Å². The number of hydrogen-bond acceptors (Lipinski definition) is 12. The van der Waals surface area contributed by atoms with E-state index >= 15 is 0 Å². The van der Waals surface area contributed by atoms with Gasteiger partial charge in [0.15, 0.2) is 0 Å². The van der Waals surface area contributed by atoms with E-state index in [1.165, 1.54) is 11.3 Å². The summed E-state index contributed by atoms with van der Waals surface area (Å²) in [5.74, 6) is 6.49. The number of benzene rings is 1. The van der Waals surface area contributed by atoms with Gasteiger partial charge in [-0.2, -0.15) is 0 Å². The van der Waals surface area contributed by atoms with Crippen molar-refractivity contribution in [3.05, 3.63) is 112 Å². The number of imide groups is 2. The van der Waals surface area contributed by atoms with E-state index in [0.29, 0.717) is 53.4 Å². The number of pyridine rings is 3. The number of hydrogen-bond donors (Lipinski definition) is 3. The maximum absolute atomic E-state index is 13.9. The van der Waals surface area contributed by atoms with Crippen molar-refractivity contribution >= 4 is 52.7 Å². The summed E-state index contributed by atoms with van der Waals surface area (Å²) in [6, 6.07) is 16.6. The normalized spacial score (nSPS) is 23.1. The number of amides is 5. The maximum atomic E-state index is 13.9. The minimum atomic E-state index is -0.995. The van der Waals surface area contributed by atoms with Crippen LogP contribution < -0.4 is 20.4 Å². The van der Waals surface area contributed by atoms with Gasteiger partial charge in [0.05, 0.1) is 29.6 Å². The highest BCUT2D eigenvalue weighted by molar-refractivity contribution is 6.23. The van der Waals surface area contributed by atoms with Crippen molar-refractivity contribution in [1.82, 2.24) is 34.6 Å². The second kappa shape index (κ2) is 17.9. The van der Waals surface area contributed by atoms with Crippen molar-refractivity contribution in [2.75, 3.05) is 41.3 Å². The first kappa shape index (κ1) is 45.2. The molecule has 1 saturated carbocycles. The highest BCUT2D eigenvalue weighted by Crippen LogP contribution is 2.41. The number of anilines is 4. The number of rotatable bonds is 8. The van der Waals surface area contributed by atoms with Crippen LogP contribution in [0.2, 0.25) is 0 Å². The van der Waals surface area contributed by atoms with Gasteiger partial charge in [0, 0.05) is 86.4 Å². The molecule has 0 bridgehead atoms. The Bertz CT molecular complexity index is 3030. The van der Waals surface area contributed by atoms with Gasteiger partial charge < -0.3 is 19.9 Å². The molecule has 16 heteroatoms. The van der Waals surface area contributed by atoms with Gasteiger partial charge in [-0.3, -0.25) is 44.0 Å². The molecule has 70 heavy (non-hydrogen) atoms. The van der Waals surface area contributed by atoms with E-state index in [9.17, 15) is 29.1 Å². The quantitative estimate of drug-likeness (QED) is 0.124. The summed E-state index contributed by atoms with van der Waals surface area (Å²) in [6.07, 6.45) is 11.5. The van der Waals surface area contributed by atoms with Crippen LogP contribution in [-0.4, -0.2) is 108 Å². The van der Waals surface area contributed by atoms with E-state index in [0.717, 1.165) is 79.9 Å². The molecule has 5 amide bonds. The molecule has 11 rings (SSSR count). The van der Waals surface area contributed by atoms with Gasteiger partial charge >= 0.3 is 0 Å². The van der Waals surface area contributed by atoms with Gasteiger partial charge in [0.25, 0.3) is 17.7 Å². The number of piperazine rings is 1. The van der Waals surface area contributed by atoms with Gasteiger partial charge in [-0.05, 0) is 129 Å². The standard InChI is InChI=1S/C54H56N10O6/c1-32-30-60(37-9-6-33(7-10-37)4-5-34-8-12-40-41(24-34)52(69)64(51(40)68)43-13-15-48(66)59-50(43)67)20-21-61(32)38-11-14-46(57-29-38)58-47-26-35(16-18-55-47)39-17-19-56-49(42(39)31-65)63-23-22-62-44(53(63)70)25-36-27-54(2,3)28-45(36)62/h8,11-12,14,16-19,24-26,29,32-33,37,43,65H,6-7,9-10,13,15,20-23,27-28,30-31H2,1-3H3,(H,55,57,58)(H,59,66,67)/t32-,33?,37?,43?/m0/s1. The number of carbonyl (C=O) groups excluding carboxylic acids is 5. The number of fused-ring (bicyclic) bond motifs is 4. The van der Waals surface area contributed by atoms with E-state index in [2.05, 4.69) is 79.7 Å². The third-order valence-corrected chi connectivity index (χ3v) is 15.2. The number of aromatic nitrogens is 4. The Labute approximate surface area is 406 Å². The number of aliphatic hydroxyl groups excluding tert-OH is 1. The predicted octanol–water partition coefficient (Wildman–Crippen LogP) is 5.88. The second-order valence-corrected chi connectivity index (χ2v) is 20.4. The number of nitrogens with zero attached hydrogens (tertiary/aromatic N) is 8. The fourth-order valence-corrected chi connectivity index (χ4v) is 11.7. The average Bonchev–Trinajstić information content (AvgIpc) is 3.94. The molecule has 8 heterocycles. The molecule has 3 fully saturated rings. The molecule has 2 aliphatic carbocycles. The Morgan fingerprint density at radius 1 is 0.800 bits per heavy atom. The zero-order valence-corrected chi connectivity index (χ0v) is 39.7. The van der Waals surface area contributed by atoms with Crippen LogP contribution in [0, 0.1) is 23.2 Å². The van der Waals surface area contributed by atoms with Crippen LogP contribution >= 0.6 is 0 Å². The van der Waals surface area contributed by atoms with Crippen molar-refractivity contribution in [3.8, 4) is 23.0 Å². The molecule has 4 aliphatic heterocycles. The Balaban J connectivity index is 0.682. The molecule has 0 radical (unpaired) electrons. The number of aliphatic hydroxyl groups is 1. The van der Waals surface area contributed by atoms with E-state index in [1.54, 1.807) is 35.5 Å². The predicted molar refractivity (Wildman–Crippen MR) is 262 cm³/mol. The van der Waals surface area contributed by atoms with Gasteiger partial charge in [-0.15, -0.1) is 0 Å². The molecule has 358 valence electrons. The van der Waals surface area contributed by atoms with Crippen LogP contribution in [0.25, 0.3) is 11.1 Å². The van der Waals surface area contributed by atoms with Crippen LogP contribution in [0.5, 0.6) is 0 Å². The van der Waals surface area contributed by atoms with Gasteiger partial charge in [0.1, 0.15) is 29.2 Å². The summed E-state index contributed by atoms with van der Waals surface area (Å²) in [5, 5.41) is 16.3. The molecular formula is C54H56N10O6. The molecule has 1 unspecified atom stereocenters. The summed E-state index contributed by atoms with van der Waals surface area (Å²) in [6.45, 7) is 10.5. The van der Waals surface area contributed by atoms with Crippen molar-refractivity contribution < 1.29 is 29.1 Å². The highest BCUT2D eigenvalue weighted by atomic mass is 16.3. The summed E-state index contributed by atoms with van der Waals surface area (Å²) < 4.78 is 2.18. The molecule has 3 N–H and O–H groups in total. The fourth-order valence-electron chi connectivity index (χ4n) is 11.7. The summed E-state index contributed by atoms with van der Waals surface area (Å²) in [5.41, 5.74) is 7.83. The van der Waals surface area contributed by atoms with Crippen LogP contribution in [-0.2, 0) is 35.6 Å². The lowest BCUT2D eigenvalue weighted by Gasteiger charge is -2.45. The molecule has 4 aromatic heterocycles. The Kier molecular flexibility index (Phi) is 11.6. The minimum absolute atomic E-state index is 0.0777. The van der Waals surface area contributed by atoms with Crippen molar-refractivity contribution in [2.24, 2.45) is 11.3 Å². The zero-order chi connectivity index (χ0) is 48.4. The summed E-state index contributed by atoms with van der Waals surface area (Å²) >= 11 is 0. The van der Waals surface area contributed by atoms with Crippen molar-refractivity contribution in [3.63, 3.8) is 0 Å². The summed E-state index contributed by atoms with van der Waals surface area (Å²) in [4.78, 5) is 86.2. The van der Waals surface area contributed by atoms with Crippen LogP contribution in [0.15, 0.2) is 73.2 Å². The van der Waals surface area contributed by atoms with Gasteiger partial charge in [-0.25, -0.2) is 15.0 Å². The Morgan fingerprint density at radius 3 is 2.39 bits per heavy atom. The first-order valence-corrected chi connectivity index (χ1v) is 24.5. The molecule has 6 aliphatic rings. The number of carbonyl (C=O) groups is 5. The molecule has 0 spiro atoms. The average molecular weight is 941 g/mol. The first-order valence-electron chi connectivity index (χ1n) is 24.5. The van der Waals surface area contributed by atoms with E-state index in [4.69, 9.17) is 4.98 Å². The third-order valence-electron chi connectivity index (χ3n) is 15.2. The van der Waals surface area contributed by atoms with Crippen LogP contribution in [0.3, 0.4) is 0 Å². The van der Waals surface area contributed by atoms with E-state index in [-0.39, 0.29) is 53.9 Å². The SMILES string of the molecule is C[C@H]1CN(C2CCC(C#Cc3ccc4c(c3)C(=O)N(C3CCC(=O)NC3=O)C4=O)CC2)CCN1c1ccc(Nc2cc(-c3ccnc(N4CCn5c(cc6c5CC(C)(C)C6)C4=O)c3CO)ccn2)nc1. The zero-order valence-electron chi connectivity index (χ0n) is 39.7. The van der Waals surface area contributed by atoms with Crippen molar-refractivity contribution in [2.45, 2.75) is 103 Å². The lowest BCUT2D eigenvalue weighted by molar-refractivity contribution is -0.136. The third kappa shape index (κ3) is 8.30. The number of piperidine rings is 1. The van der Waals surface area contributed by atoms with Crippen LogP contribution in [0.1, 0.15) is 113 Å². The molecule has 1 aromatic carbocycles. The minimum Gasteiger partial charge on any atom is -0.392 e. The Hall–Kier alpha value is -7.22. The molecule has 2 saturated heterocycles. The topological polar surface area (TPSA) is 186 Å². The van der Waals surface area contributed by atoms with Crippen molar-refractivity contribution in [1.29, 1.82) is 0 Å². The smallest absolute Gasteiger partial charge is 0.276 e. The van der Waals surface area contributed by atoms with Crippen LogP contribution in [0.4, 0.5) is 23.1 Å². The Morgan fingerprint density at radius 2 is 1.61 bits per heavy atom. The lowest BCUT2D eigenvalue weighted by Crippen LogP contribution is -2.55. The van der Waals surface area contributed by atoms with Gasteiger partial charge in [-0.1, -0.05) is 25.7 Å². The fraction of sp³-hybridized carbons (Fsp3) is 0.407. The lowest BCUT2D eigenvalue weighted by atomic mass is 9.85. The van der Waals surface area contributed by atoms with Gasteiger partial charge in [0.2, 0.25) is 11.8 Å². The monoisotopic (exact) mass is 940 g/mol. The molecular weight excluding hydrogens is 885 g/mol. The molecule has 2 atom stereocenters. The number of nitrogens with one attached hydrogen (secondary N) is 2. The van der Waals surface area contributed by atoms with E-state index < -0.39 is 29.7 Å². The highest BCUT2D eigenvalue weighted by Gasteiger charge is 2.45. The maximum Gasteiger partial charge on any atom is 0.276 e.